The Morgan fingerprint density at radius 1 is 1.14 bits per heavy atom. The van der Waals surface area contributed by atoms with Crippen LogP contribution in [0.5, 0.6) is 0 Å². The predicted molar refractivity (Wildman–Crippen MR) is 57.1 cm³/mol. The molecule has 1 saturated carbocycles. The van der Waals surface area contributed by atoms with Gasteiger partial charge in [0.15, 0.2) is 0 Å². The van der Waals surface area contributed by atoms with E-state index in [1.165, 1.54) is 25.1 Å². The molecule has 2 heteroatoms. The van der Waals surface area contributed by atoms with Crippen molar-refractivity contribution >= 4 is 0 Å². The number of likely N-dealkylation sites (tertiary alicyclic amines) is 1. The Hall–Kier alpha value is -0.860. The first-order valence-electron chi connectivity index (χ1n) is 5.39. The molecule has 0 amide bonds. The molecule has 2 aliphatic rings. The molecule has 0 radical (unpaired) electrons. The summed E-state index contributed by atoms with van der Waals surface area (Å²) in [6.07, 6.45) is 1.21. The molecule has 1 heterocycles. The van der Waals surface area contributed by atoms with Crippen molar-refractivity contribution in [2.45, 2.75) is 24.4 Å². The van der Waals surface area contributed by atoms with E-state index in [1.54, 1.807) is 0 Å². The third-order valence-corrected chi connectivity index (χ3v) is 3.45. The molecule has 2 atom stereocenters. The summed E-state index contributed by atoms with van der Waals surface area (Å²) in [7, 11) is 0. The minimum Gasteiger partial charge on any atom is -0.326 e. The Labute approximate surface area is 84.7 Å². The zero-order chi connectivity index (χ0) is 9.54. The molecule has 2 unspecified atom stereocenters. The van der Waals surface area contributed by atoms with Gasteiger partial charge < -0.3 is 5.73 Å². The smallest absolute Gasteiger partial charge is 0.0263 e. The van der Waals surface area contributed by atoms with Crippen molar-refractivity contribution in [3.8, 4) is 0 Å². The minimum atomic E-state index is 0.465. The van der Waals surface area contributed by atoms with Crippen LogP contribution in [0.15, 0.2) is 30.3 Å². The van der Waals surface area contributed by atoms with Crippen LogP contribution in [-0.2, 0) is 0 Å². The van der Waals surface area contributed by atoms with E-state index in [1.807, 2.05) is 0 Å². The largest absolute Gasteiger partial charge is 0.326 e. The topological polar surface area (TPSA) is 29.3 Å². The lowest BCUT2D eigenvalue weighted by Gasteiger charge is -2.40. The van der Waals surface area contributed by atoms with Crippen LogP contribution in [-0.4, -0.2) is 30.1 Å². The van der Waals surface area contributed by atoms with Gasteiger partial charge in [-0.25, -0.2) is 0 Å². The highest BCUT2D eigenvalue weighted by Crippen LogP contribution is 2.36. The molecule has 3 rings (SSSR count). The fourth-order valence-electron chi connectivity index (χ4n) is 2.34. The molecule has 0 aromatic heterocycles. The third kappa shape index (κ3) is 1.35. The van der Waals surface area contributed by atoms with E-state index in [9.17, 15) is 0 Å². The Morgan fingerprint density at radius 3 is 2.36 bits per heavy atom. The van der Waals surface area contributed by atoms with Gasteiger partial charge in [-0.15, -0.1) is 0 Å². The van der Waals surface area contributed by atoms with Crippen LogP contribution in [0.1, 0.15) is 17.9 Å². The van der Waals surface area contributed by atoms with Crippen LogP contribution < -0.4 is 5.73 Å². The molecule has 1 aromatic rings. The normalized spacial score (nSPS) is 32.6. The van der Waals surface area contributed by atoms with Crippen LogP contribution in [0.3, 0.4) is 0 Å². The van der Waals surface area contributed by atoms with Crippen molar-refractivity contribution in [2.75, 3.05) is 13.1 Å². The van der Waals surface area contributed by atoms with E-state index in [2.05, 4.69) is 35.2 Å². The first-order valence-corrected chi connectivity index (χ1v) is 5.39. The maximum Gasteiger partial charge on any atom is 0.0263 e. The summed E-state index contributed by atoms with van der Waals surface area (Å²) in [4.78, 5) is 2.52. The second kappa shape index (κ2) is 3.07. The lowest BCUT2D eigenvalue weighted by Crippen LogP contribution is -2.47. The van der Waals surface area contributed by atoms with Crippen LogP contribution >= 0.6 is 0 Å². The van der Waals surface area contributed by atoms with E-state index in [0.29, 0.717) is 12.1 Å². The van der Waals surface area contributed by atoms with Gasteiger partial charge in [0.1, 0.15) is 0 Å². The molecule has 1 aromatic carbocycles. The SMILES string of the molecule is NC1CC1N1CC(c2ccccc2)C1. The molecule has 1 aliphatic carbocycles. The number of nitrogens with zero attached hydrogens (tertiary/aromatic N) is 1. The van der Waals surface area contributed by atoms with Gasteiger partial charge in [0.05, 0.1) is 0 Å². The number of hydrogen-bond donors (Lipinski definition) is 1. The number of hydrogen-bond acceptors (Lipinski definition) is 2. The molecule has 2 nitrogen and oxygen atoms in total. The Bertz CT molecular complexity index is 316. The second-order valence-corrected chi connectivity index (χ2v) is 4.53. The highest BCUT2D eigenvalue weighted by molar-refractivity contribution is 5.23. The summed E-state index contributed by atoms with van der Waals surface area (Å²) in [6, 6.07) is 12.0. The summed E-state index contributed by atoms with van der Waals surface area (Å²) in [5, 5.41) is 0. The quantitative estimate of drug-likeness (QED) is 0.755. The molecule has 74 valence electrons. The standard InChI is InChI=1S/C12H16N2/c13-11-6-12(11)14-7-10(8-14)9-4-2-1-3-5-9/h1-5,10-12H,6-8,13H2. The van der Waals surface area contributed by atoms with Crippen molar-refractivity contribution < 1.29 is 0 Å². The zero-order valence-corrected chi connectivity index (χ0v) is 8.26. The van der Waals surface area contributed by atoms with Crippen LogP contribution in [0.4, 0.5) is 0 Å². The lowest BCUT2D eigenvalue weighted by molar-refractivity contribution is 0.136. The molecular formula is C12H16N2. The average Bonchev–Trinajstić information content (AvgIpc) is 2.82. The molecule has 1 aliphatic heterocycles. The van der Waals surface area contributed by atoms with Crippen molar-refractivity contribution in [3.63, 3.8) is 0 Å². The lowest BCUT2D eigenvalue weighted by atomic mass is 9.91. The molecule has 0 bridgehead atoms. The van der Waals surface area contributed by atoms with Gasteiger partial charge in [0.25, 0.3) is 0 Å². The van der Waals surface area contributed by atoms with E-state index < -0.39 is 0 Å². The second-order valence-electron chi connectivity index (χ2n) is 4.53. The summed E-state index contributed by atoms with van der Waals surface area (Å²) >= 11 is 0. The fraction of sp³-hybridized carbons (Fsp3) is 0.500. The zero-order valence-electron chi connectivity index (χ0n) is 8.26. The van der Waals surface area contributed by atoms with Crippen molar-refractivity contribution in [1.82, 2.24) is 4.90 Å². The minimum absolute atomic E-state index is 0.465. The first kappa shape index (κ1) is 8.45. The van der Waals surface area contributed by atoms with Gasteiger partial charge in [-0.3, -0.25) is 4.90 Å². The van der Waals surface area contributed by atoms with Crippen LogP contribution in [0.25, 0.3) is 0 Å². The van der Waals surface area contributed by atoms with Crippen molar-refractivity contribution in [1.29, 1.82) is 0 Å². The summed E-state index contributed by atoms with van der Waals surface area (Å²) in [5.74, 6) is 0.754. The maximum absolute atomic E-state index is 5.82. The van der Waals surface area contributed by atoms with E-state index in [4.69, 9.17) is 5.73 Å². The van der Waals surface area contributed by atoms with Gasteiger partial charge in [0, 0.05) is 31.1 Å². The first-order chi connectivity index (χ1) is 6.84. The van der Waals surface area contributed by atoms with Crippen LogP contribution in [0, 0.1) is 0 Å². The van der Waals surface area contributed by atoms with Gasteiger partial charge >= 0.3 is 0 Å². The summed E-state index contributed by atoms with van der Waals surface area (Å²) < 4.78 is 0. The third-order valence-electron chi connectivity index (χ3n) is 3.45. The van der Waals surface area contributed by atoms with Gasteiger partial charge in [-0.05, 0) is 12.0 Å². The van der Waals surface area contributed by atoms with Crippen molar-refractivity contribution in [2.24, 2.45) is 5.73 Å². The van der Waals surface area contributed by atoms with Gasteiger partial charge in [0.2, 0.25) is 0 Å². The molecule has 1 saturated heterocycles. The van der Waals surface area contributed by atoms with E-state index in [-0.39, 0.29) is 0 Å². The Morgan fingerprint density at radius 2 is 1.79 bits per heavy atom. The van der Waals surface area contributed by atoms with Crippen LogP contribution in [0.2, 0.25) is 0 Å². The predicted octanol–water partition coefficient (Wildman–Crippen LogP) is 1.19. The molecule has 0 spiro atoms. The molecule has 14 heavy (non-hydrogen) atoms. The van der Waals surface area contributed by atoms with Gasteiger partial charge in [-0.2, -0.15) is 0 Å². The summed E-state index contributed by atoms with van der Waals surface area (Å²) in [6.45, 7) is 2.42. The summed E-state index contributed by atoms with van der Waals surface area (Å²) in [5.41, 5.74) is 7.30. The average molecular weight is 188 g/mol. The molecule has 2 N–H and O–H groups in total. The number of nitrogens with two attached hydrogens (primary N) is 1. The monoisotopic (exact) mass is 188 g/mol. The Balaban J connectivity index is 1.59. The maximum atomic E-state index is 5.82. The van der Waals surface area contributed by atoms with Crippen molar-refractivity contribution in [3.05, 3.63) is 35.9 Å². The van der Waals surface area contributed by atoms with E-state index in [0.717, 1.165) is 5.92 Å². The molecule has 2 fully saturated rings. The van der Waals surface area contributed by atoms with E-state index >= 15 is 0 Å². The number of benzene rings is 1. The molecular weight excluding hydrogens is 172 g/mol. The fourth-order valence-corrected chi connectivity index (χ4v) is 2.34. The Kier molecular flexibility index (Phi) is 1.85. The number of rotatable bonds is 2. The highest BCUT2D eigenvalue weighted by Gasteiger charge is 2.44. The van der Waals surface area contributed by atoms with Gasteiger partial charge in [-0.1, -0.05) is 30.3 Å². The highest BCUT2D eigenvalue weighted by atomic mass is 15.3.